The third kappa shape index (κ3) is 3.49. The van der Waals surface area contributed by atoms with Crippen LogP contribution in [0.2, 0.25) is 0 Å². The fourth-order valence-electron chi connectivity index (χ4n) is 4.38. The molecule has 7 heteroatoms. The number of amides is 1. The molecule has 146 valence electrons. The lowest BCUT2D eigenvalue weighted by molar-refractivity contribution is -0.149. The highest BCUT2D eigenvalue weighted by atomic mass is 16.5. The fourth-order valence-corrected chi connectivity index (χ4v) is 4.38. The molecule has 0 radical (unpaired) electrons. The molecule has 1 aromatic heterocycles. The van der Waals surface area contributed by atoms with Crippen LogP contribution in [0.15, 0.2) is 48.9 Å². The van der Waals surface area contributed by atoms with E-state index in [0.29, 0.717) is 25.4 Å². The van der Waals surface area contributed by atoms with Gasteiger partial charge < -0.3 is 9.64 Å². The maximum Gasteiger partial charge on any atom is 0.311 e. The van der Waals surface area contributed by atoms with E-state index < -0.39 is 0 Å². The van der Waals surface area contributed by atoms with Crippen LogP contribution in [-0.4, -0.2) is 70.5 Å². The second kappa shape index (κ2) is 8.06. The summed E-state index contributed by atoms with van der Waals surface area (Å²) < 4.78 is 5.42. The van der Waals surface area contributed by atoms with Gasteiger partial charge in [0.25, 0.3) is 5.91 Å². The van der Waals surface area contributed by atoms with E-state index in [2.05, 4.69) is 27.0 Å². The van der Waals surface area contributed by atoms with Gasteiger partial charge in [0, 0.05) is 50.5 Å². The molecule has 0 aliphatic carbocycles. The molecule has 0 spiro atoms. The van der Waals surface area contributed by atoms with E-state index in [4.69, 9.17) is 4.74 Å². The molecule has 0 N–H and O–H groups in total. The molecule has 2 aliphatic rings. The minimum atomic E-state index is -0.292. The highest BCUT2D eigenvalue weighted by molar-refractivity contribution is 5.92. The quantitative estimate of drug-likeness (QED) is 0.750. The van der Waals surface area contributed by atoms with Gasteiger partial charge >= 0.3 is 5.97 Å². The third-order valence-corrected chi connectivity index (χ3v) is 5.67. The third-order valence-electron chi connectivity index (χ3n) is 5.67. The van der Waals surface area contributed by atoms with Crippen molar-refractivity contribution in [3.63, 3.8) is 0 Å². The number of carbonyl (C=O) groups excluding carboxylic acids is 2. The summed E-state index contributed by atoms with van der Waals surface area (Å²) in [6.45, 7) is 4.81. The van der Waals surface area contributed by atoms with Crippen LogP contribution in [0.3, 0.4) is 0 Å². The van der Waals surface area contributed by atoms with E-state index in [9.17, 15) is 9.59 Å². The van der Waals surface area contributed by atoms with E-state index in [0.717, 1.165) is 18.7 Å². The van der Waals surface area contributed by atoms with Gasteiger partial charge in [-0.2, -0.15) is 0 Å². The van der Waals surface area contributed by atoms with Gasteiger partial charge in [0.2, 0.25) is 0 Å². The molecule has 2 fully saturated rings. The monoisotopic (exact) mass is 380 g/mol. The Labute approximate surface area is 164 Å². The SMILES string of the molecule is CCOC(=O)[C@@H]1[C@@H](c2ccccc2)CN2CCN(C(=O)c3cnccn3)C[C@H]12. The van der Waals surface area contributed by atoms with Crippen LogP contribution in [0.25, 0.3) is 0 Å². The highest BCUT2D eigenvalue weighted by Gasteiger charge is 2.49. The maximum absolute atomic E-state index is 12.9. The van der Waals surface area contributed by atoms with E-state index in [1.165, 1.54) is 12.4 Å². The summed E-state index contributed by atoms with van der Waals surface area (Å²) in [7, 11) is 0. The minimum Gasteiger partial charge on any atom is -0.466 e. The van der Waals surface area contributed by atoms with Crippen LogP contribution in [0, 0.1) is 5.92 Å². The largest absolute Gasteiger partial charge is 0.466 e. The number of ether oxygens (including phenoxy) is 1. The first kappa shape index (κ1) is 18.6. The zero-order valence-corrected chi connectivity index (χ0v) is 15.9. The summed E-state index contributed by atoms with van der Waals surface area (Å²) in [6.07, 6.45) is 4.55. The van der Waals surface area contributed by atoms with Gasteiger partial charge in [0.05, 0.1) is 18.7 Å². The molecule has 0 saturated carbocycles. The molecule has 3 atom stereocenters. The maximum atomic E-state index is 12.9. The molecule has 2 aromatic rings. The van der Waals surface area contributed by atoms with E-state index >= 15 is 0 Å². The van der Waals surface area contributed by atoms with Gasteiger partial charge in [-0.1, -0.05) is 30.3 Å². The summed E-state index contributed by atoms with van der Waals surface area (Å²) in [5.74, 6) is -0.548. The smallest absolute Gasteiger partial charge is 0.311 e. The lowest BCUT2D eigenvalue weighted by Gasteiger charge is -2.38. The zero-order chi connectivity index (χ0) is 19.5. The summed E-state index contributed by atoms with van der Waals surface area (Å²) in [4.78, 5) is 37.9. The van der Waals surface area contributed by atoms with E-state index in [-0.39, 0.29) is 29.8 Å². The number of benzene rings is 1. The second-order valence-electron chi connectivity index (χ2n) is 7.20. The first-order valence-electron chi connectivity index (χ1n) is 9.70. The molecule has 1 aromatic carbocycles. The average Bonchev–Trinajstić information content (AvgIpc) is 3.13. The van der Waals surface area contributed by atoms with Crippen LogP contribution in [0.5, 0.6) is 0 Å². The number of aromatic nitrogens is 2. The molecule has 7 nitrogen and oxygen atoms in total. The molecule has 2 saturated heterocycles. The molecule has 4 rings (SSSR count). The van der Waals surface area contributed by atoms with Crippen molar-refractivity contribution in [1.29, 1.82) is 0 Å². The molecule has 3 heterocycles. The van der Waals surface area contributed by atoms with Crippen LogP contribution >= 0.6 is 0 Å². The van der Waals surface area contributed by atoms with Crippen molar-refractivity contribution in [2.24, 2.45) is 5.92 Å². The van der Waals surface area contributed by atoms with Crippen molar-refractivity contribution in [1.82, 2.24) is 19.8 Å². The van der Waals surface area contributed by atoms with Crippen molar-refractivity contribution in [2.45, 2.75) is 18.9 Å². The van der Waals surface area contributed by atoms with Gasteiger partial charge in [-0.15, -0.1) is 0 Å². The Morgan fingerprint density at radius 3 is 2.68 bits per heavy atom. The van der Waals surface area contributed by atoms with Crippen LogP contribution in [-0.2, 0) is 9.53 Å². The van der Waals surface area contributed by atoms with Crippen LogP contribution in [0.4, 0.5) is 0 Å². The summed E-state index contributed by atoms with van der Waals surface area (Å²) >= 11 is 0. The Morgan fingerprint density at radius 1 is 1.14 bits per heavy atom. The molecule has 0 bridgehead atoms. The van der Waals surface area contributed by atoms with Gasteiger partial charge in [-0.05, 0) is 12.5 Å². The predicted octanol–water partition coefficient (Wildman–Crippen LogP) is 1.58. The Hall–Kier alpha value is -2.80. The number of piperazine rings is 1. The first-order valence-corrected chi connectivity index (χ1v) is 9.70. The normalized spacial score (nSPS) is 24.6. The number of nitrogens with zero attached hydrogens (tertiary/aromatic N) is 4. The lowest BCUT2D eigenvalue weighted by Crippen LogP contribution is -2.54. The number of rotatable bonds is 4. The Bertz CT molecular complexity index is 830. The number of hydrogen-bond acceptors (Lipinski definition) is 6. The Kier molecular flexibility index (Phi) is 5.34. The van der Waals surface area contributed by atoms with Crippen molar-refractivity contribution >= 4 is 11.9 Å². The summed E-state index contributed by atoms with van der Waals surface area (Å²) in [5.41, 5.74) is 1.47. The number of carbonyl (C=O) groups is 2. The Balaban J connectivity index is 1.59. The van der Waals surface area contributed by atoms with Crippen LogP contribution in [0.1, 0.15) is 28.9 Å². The standard InChI is InChI=1S/C21H24N4O3/c1-2-28-21(27)19-16(15-6-4-3-5-7-15)13-24-10-11-25(14-18(19)24)20(26)17-12-22-8-9-23-17/h3-9,12,16,18-19H,2,10-11,13-14H2,1H3/t16-,18-,19-/m1/s1. The van der Waals surface area contributed by atoms with Gasteiger partial charge in [0.1, 0.15) is 5.69 Å². The van der Waals surface area contributed by atoms with Gasteiger partial charge in [-0.25, -0.2) is 4.98 Å². The molecule has 0 unspecified atom stereocenters. The molecular weight excluding hydrogens is 356 g/mol. The lowest BCUT2D eigenvalue weighted by atomic mass is 9.85. The Morgan fingerprint density at radius 2 is 1.96 bits per heavy atom. The van der Waals surface area contributed by atoms with Crippen molar-refractivity contribution < 1.29 is 14.3 Å². The summed E-state index contributed by atoms with van der Waals surface area (Å²) in [6, 6.07) is 10.1. The molecule has 2 aliphatic heterocycles. The average molecular weight is 380 g/mol. The van der Waals surface area contributed by atoms with Crippen molar-refractivity contribution in [2.75, 3.05) is 32.8 Å². The van der Waals surface area contributed by atoms with Crippen molar-refractivity contribution in [3.05, 3.63) is 60.2 Å². The predicted molar refractivity (Wildman–Crippen MR) is 103 cm³/mol. The molecule has 28 heavy (non-hydrogen) atoms. The summed E-state index contributed by atoms with van der Waals surface area (Å²) in [5, 5.41) is 0. The molecular formula is C21H24N4O3. The topological polar surface area (TPSA) is 75.6 Å². The number of fused-ring (bicyclic) bond motifs is 1. The van der Waals surface area contributed by atoms with Gasteiger partial charge in [0.15, 0.2) is 0 Å². The minimum absolute atomic E-state index is 0.0568. The first-order chi connectivity index (χ1) is 13.7. The van der Waals surface area contributed by atoms with Crippen molar-refractivity contribution in [3.8, 4) is 0 Å². The fraction of sp³-hybridized carbons (Fsp3) is 0.429. The van der Waals surface area contributed by atoms with Crippen LogP contribution < -0.4 is 0 Å². The van der Waals surface area contributed by atoms with E-state index in [1.54, 1.807) is 11.1 Å². The van der Waals surface area contributed by atoms with Gasteiger partial charge in [-0.3, -0.25) is 19.5 Å². The highest BCUT2D eigenvalue weighted by Crippen LogP contribution is 2.39. The zero-order valence-electron chi connectivity index (χ0n) is 15.9. The molecule has 1 amide bonds. The van der Waals surface area contributed by atoms with E-state index in [1.807, 2.05) is 25.1 Å². The second-order valence-corrected chi connectivity index (χ2v) is 7.20. The number of hydrogen-bond donors (Lipinski definition) is 0. The number of esters is 1.